The van der Waals surface area contributed by atoms with E-state index in [4.69, 9.17) is 0 Å². The highest BCUT2D eigenvalue weighted by atomic mass is 32.2. The van der Waals surface area contributed by atoms with Crippen LogP contribution in [0.1, 0.15) is 10.5 Å². The molecule has 2 aromatic carbocycles. The number of amides is 1. The van der Waals surface area contributed by atoms with E-state index in [1.165, 1.54) is 15.6 Å². The van der Waals surface area contributed by atoms with Gasteiger partial charge in [-0.05, 0) is 35.7 Å². The summed E-state index contributed by atoms with van der Waals surface area (Å²) in [6.45, 7) is 1.79. The molecule has 1 amide bonds. The highest BCUT2D eigenvalue weighted by molar-refractivity contribution is 7.89. The van der Waals surface area contributed by atoms with Crippen LogP contribution in [0.25, 0.3) is 9.88 Å². The molecule has 0 spiro atoms. The van der Waals surface area contributed by atoms with Crippen LogP contribution >= 0.6 is 22.7 Å². The van der Waals surface area contributed by atoms with Crippen molar-refractivity contribution in [3.63, 3.8) is 0 Å². The van der Waals surface area contributed by atoms with Gasteiger partial charge in [0.15, 0.2) is 0 Å². The fraction of sp³-hybridized carbons (Fsp3) is 0.167. The Morgan fingerprint density at radius 2 is 1.62 bits per heavy atom. The summed E-state index contributed by atoms with van der Waals surface area (Å²) in [5.41, 5.74) is 1.92. The zero-order chi connectivity index (χ0) is 23.5. The Bertz CT molecular complexity index is 1380. The maximum atomic E-state index is 12.9. The summed E-state index contributed by atoms with van der Waals surface area (Å²) < 4.78 is 27.4. The predicted octanol–water partition coefficient (Wildman–Crippen LogP) is 4.63. The second-order valence-electron chi connectivity index (χ2n) is 7.69. The zero-order valence-corrected chi connectivity index (χ0v) is 20.6. The molecular formula is C24H22N4O3S3. The Balaban J connectivity index is 1.28. The van der Waals surface area contributed by atoms with E-state index in [0.717, 1.165) is 15.6 Å². The molecule has 1 aliphatic rings. The first-order valence-electron chi connectivity index (χ1n) is 10.7. The van der Waals surface area contributed by atoms with E-state index in [-0.39, 0.29) is 5.91 Å². The summed E-state index contributed by atoms with van der Waals surface area (Å²) in [7, 11) is -3.52. The monoisotopic (exact) mass is 510 g/mol. The molecule has 0 atom stereocenters. The number of hydrogen-bond acceptors (Lipinski definition) is 7. The van der Waals surface area contributed by atoms with Crippen LogP contribution in [-0.2, 0) is 10.0 Å². The molecule has 1 aliphatic heterocycles. The number of carbonyl (C=O) groups excluding carboxylic acids is 1. The van der Waals surface area contributed by atoms with Crippen LogP contribution in [0, 0.1) is 0 Å². The number of thiophene rings is 1. The first-order chi connectivity index (χ1) is 16.5. The number of nitrogens with one attached hydrogen (secondary N) is 1. The minimum Gasteiger partial charge on any atom is -0.367 e. The number of aromatic nitrogens is 1. The lowest BCUT2D eigenvalue weighted by atomic mass is 10.2. The van der Waals surface area contributed by atoms with Gasteiger partial charge in [-0.2, -0.15) is 4.31 Å². The summed E-state index contributed by atoms with van der Waals surface area (Å²) in [6.07, 6.45) is 0. The molecule has 7 nitrogen and oxygen atoms in total. The molecule has 174 valence electrons. The molecule has 5 rings (SSSR count). The van der Waals surface area contributed by atoms with Gasteiger partial charge in [0.25, 0.3) is 5.91 Å². The predicted molar refractivity (Wildman–Crippen MR) is 137 cm³/mol. The standard InChI is InChI=1S/C24H22N4O3S3/c29-23(20-17-33-24(26-20)22-11-6-16-32-22)25-19-9-4-5-10-21(19)27-12-14-28(15-13-27)34(30,31)18-7-2-1-3-8-18/h1-11,16-17H,12-15H2,(H,25,29). The number of carbonyl (C=O) groups is 1. The van der Waals surface area contributed by atoms with Crippen molar-refractivity contribution in [2.45, 2.75) is 4.90 Å². The molecule has 0 saturated carbocycles. The molecule has 1 saturated heterocycles. The molecule has 0 unspecified atom stereocenters. The Morgan fingerprint density at radius 1 is 0.882 bits per heavy atom. The van der Waals surface area contributed by atoms with E-state index >= 15 is 0 Å². The minimum absolute atomic E-state index is 0.267. The summed E-state index contributed by atoms with van der Waals surface area (Å²) in [6, 6.07) is 20.0. The molecule has 0 bridgehead atoms. The number of thiazole rings is 1. The van der Waals surface area contributed by atoms with E-state index < -0.39 is 10.0 Å². The summed E-state index contributed by atoms with van der Waals surface area (Å²) >= 11 is 3.03. The smallest absolute Gasteiger partial charge is 0.275 e. The van der Waals surface area contributed by atoms with Crippen molar-refractivity contribution in [2.24, 2.45) is 0 Å². The van der Waals surface area contributed by atoms with Crippen LogP contribution in [-0.4, -0.2) is 49.8 Å². The van der Waals surface area contributed by atoms with Gasteiger partial charge < -0.3 is 10.2 Å². The maximum Gasteiger partial charge on any atom is 0.275 e. The number of nitrogens with zero attached hydrogens (tertiary/aromatic N) is 3. The van der Waals surface area contributed by atoms with Gasteiger partial charge >= 0.3 is 0 Å². The van der Waals surface area contributed by atoms with E-state index in [0.29, 0.717) is 42.5 Å². The van der Waals surface area contributed by atoms with Crippen LogP contribution in [0.15, 0.2) is 82.4 Å². The van der Waals surface area contributed by atoms with Gasteiger partial charge in [-0.15, -0.1) is 22.7 Å². The third kappa shape index (κ3) is 4.62. The van der Waals surface area contributed by atoms with Crippen LogP contribution in [0.3, 0.4) is 0 Å². The molecule has 10 heteroatoms. The Labute approximate surface area is 206 Å². The van der Waals surface area contributed by atoms with Gasteiger partial charge in [0, 0.05) is 31.6 Å². The lowest BCUT2D eigenvalue weighted by Gasteiger charge is -2.36. The molecular weight excluding hydrogens is 488 g/mol. The van der Waals surface area contributed by atoms with Crippen LogP contribution < -0.4 is 10.2 Å². The lowest BCUT2D eigenvalue weighted by molar-refractivity contribution is 0.102. The highest BCUT2D eigenvalue weighted by Crippen LogP contribution is 2.30. The molecule has 0 aliphatic carbocycles. The molecule has 2 aromatic heterocycles. The van der Waals surface area contributed by atoms with E-state index in [2.05, 4.69) is 15.2 Å². The number of sulfonamides is 1. The molecule has 34 heavy (non-hydrogen) atoms. The average Bonchev–Trinajstić information content (AvgIpc) is 3.57. The molecule has 0 radical (unpaired) electrons. The first-order valence-corrected chi connectivity index (χ1v) is 13.9. The van der Waals surface area contributed by atoms with Gasteiger partial charge in [-0.1, -0.05) is 36.4 Å². The topological polar surface area (TPSA) is 82.6 Å². The van der Waals surface area contributed by atoms with Crippen molar-refractivity contribution >= 4 is 50.0 Å². The van der Waals surface area contributed by atoms with Crippen molar-refractivity contribution in [1.29, 1.82) is 0 Å². The van der Waals surface area contributed by atoms with Gasteiger partial charge in [0.05, 0.1) is 21.1 Å². The van der Waals surface area contributed by atoms with Crippen molar-refractivity contribution in [3.05, 3.63) is 83.2 Å². The lowest BCUT2D eigenvalue weighted by Crippen LogP contribution is -2.48. The third-order valence-corrected chi connectivity index (χ3v) is 9.38. The normalized spacial score (nSPS) is 14.8. The third-order valence-electron chi connectivity index (χ3n) is 5.58. The van der Waals surface area contributed by atoms with E-state index in [1.807, 2.05) is 41.8 Å². The molecule has 3 heterocycles. The largest absolute Gasteiger partial charge is 0.367 e. The number of hydrogen-bond donors (Lipinski definition) is 1. The van der Waals surface area contributed by atoms with Gasteiger partial charge in [0.2, 0.25) is 10.0 Å². The van der Waals surface area contributed by atoms with Gasteiger partial charge in [-0.25, -0.2) is 13.4 Å². The van der Waals surface area contributed by atoms with Crippen molar-refractivity contribution in [3.8, 4) is 9.88 Å². The number of benzene rings is 2. The number of para-hydroxylation sites is 2. The molecule has 4 aromatic rings. The Hall–Kier alpha value is -3.05. The van der Waals surface area contributed by atoms with Gasteiger partial charge in [0.1, 0.15) is 10.7 Å². The fourth-order valence-corrected chi connectivity index (χ4v) is 6.90. The summed E-state index contributed by atoms with van der Waals surface area (Å²) in [5, 5.41) is 7.56. The van der Waals surface area contributed by atoms with Crippen molar-refractivity contribution in [1.82, 2.24) is 9.29 Å². The zero-order valence-electron chi connectivity index (χ0n) is 18.1. The SMILES string of the molecule is O=C(Nc1ccccc1N1CCN(S(=O)(=O)c2ccccc2)CC1)c1csc(-c2cccs2)n1. The Morgan fingerprint density at radius 3 is 2.35 bits per heavy atom. The second-order valence-corrected chi connectivity index (χ2v) is 11.4. The fourth-order valence-electron chi connectivity index (χ4n) is 3.84. The average molecular weight is 511 g/mol. The summed E-state index contributed by atoms with van der Waals surface area (Å²) in [4.78, 5) is 20.8. The van der Waals surface area contributed by atoms with Gasteiger partial charge in [-0.3, -0.25) is 4.79 Å². The van der Waals surface area contributed by atoms with Crippen molar-refractivity contribution in [2.75, 3.05) is 36.4 Å². The van der Waals surface area contributed by atoms with E-state index in [1.54, 1.807) is 47.0 Å². The quantitative estimate of drug-likeness (QED) is 0.409. The van der Waals surface area contributed by atoms with Crippen LogP contribution in [0.5, 0.6) is 0 Å². The number of rotatable bonds is 6. The minimum atomic E-state index is -3.52. The molecule has 1 fully saturated rings. The highest BCUT2D eigenvalue weighted by Gasteiger charge is 2.29. The first kappa shape index (κ1) is 22.7. The Kier molecular flexibility index (Phi) is 6.46. The maximum absolute atomic E-state index is 12.9. The van der Waals surface area contributed by atoms with Crippen LogP contribution in [0.2, 0.25) is 0 Å². The van der Waals surface area contributed by atoms with Crippen LogP contribution in [0.4, 0.5) is 11.4 Å². The second kappa shape index (κ2) is 9.67. The summed E-state index contributed by atoms with van der Waals surface area (Å²) in [5.74, 6) is -0.267. The van der Waals surface area contributed by atoms with E-state index in [9.17, 15) is 13.2 Å². The van der Waals surface area contributed by atoms with Crippen molar-refractivity contribution < 1.29 is 13.2 Å². The molecule has 1 N–H and O–H groups in total. The number of anilines is 2. The number of piperazine rings is 1.